The number of urea groups is 1. The molecule has 3 aromatic carbocycles. The Labute approximate surface area is 241 Å². The molecule has 0 saturated carbocycles. The summed E-state index contributed by atoms with van der Waals surface area (Å²) in [4.78, 5) is 28.2. The van der Waals surface area contributed by atoms with Gasteiger partial charge in [-0.1, -0.05) is 48.9 Å². The highest BCUT2D eigenvalue weighted by Gasteiger charge is 2.36. The number of aliphatic hydroxyl groups is 1. The number of aliphatic hydroxyl groups excluding tert-OH is 1. The molecule has 0 fully saturated rings. The number of aryl methyl sites for hydroxylation is 1. The fraction of sp³-hybridized carbons (Fsp3) is 0.333. The van der Waals surface area contributed by atoms with Crippen LogP contribution in [0.1, 0.15) is 29.8 Å². The molecule has 3 aromatic rings. The molecule has 1 aliphatic rings. The van der Waals surface area contributed by atoms with Gasteiger partial charge in [-0.15, -0.1) is 0 Å². The number of hydrogen-bond acceptors (Lipinski definition) is 6. The molecule has 1 aliphatic heterocycles. The van der Waals surface area contributed by atoms with Crippen molar-refractivity contribution in [3.63, 3.8) is 0 Å². The van der Waals surface area contributed by atoms with E-state index in [0.29, 0.717) is 5.69 Å². The fourth-order valence-corrected chi connectivity index (χ4v) is 5.79. The summed E-state index contributed by atoms with van der Waals surface area (Å²) in [5.74, 6) is -0.559. The molecule has 41 heavy (non-hydrogen) atoms. The molecule has 3 N–H and O–H groups in total. The Morgan fingerprint density at radius 3 is 2.41 bits per heavy atom. The highest BCUT2D eigenvalue weighted by Crippen LogP contribution is 2.35. The Hall–Kier alpha value is -3.93. The summed E-state index contributed by atoms with van der Waals surface area (Å²) in [5.41, 5.74) is 1.98. The minimum absolute atomic E-state index is 0.0170. The monoisotopic (exact) mass is 580 g/mol. The first-order chi connectivity index (χ1) is 19.5. The maximum absolute atomic E-state index is 13.7. The Bertz CT molecular complexity index is 1480. The maximum atomic E-state index is 13.7. The first-order valence-corrected chi connectivity index (χ1v) is 14.8. The largest absolute Gasteiger partial charge is 0.486 e. The van der Waals surface area contributed by atoms with E-state index in [1.807, 2.05) is 19.9 Å². The van der Waals surface area contributed by atoms with Gasteiger partial charge in [-0.3, -0.25) is 4.79 Å². The van der Waals surface area contributed by atoms with Crippen LogP contribution in [0.2, 0.25) is 0 Å². The van der Waals surface area contributed by atoms with Crippen LogP contribution in [-0.4, -0.2) is 73.6 Å². The molecule has 4 rings (SSSR count). The van der Waals surface area contributed by atoms with Gasteiger partial charge in [0, 0.05) is 25.2 Å². The van der Waals surface area contributed by atoms with Gasteiger partial charge in [0.1, 0.15) is 6.10 Å². The van der Waals surface area contributed by atoms with Crippen molar-refractivity contribution in [1.29, 1.82) is 0 Å². The molecule has 218 valence electrons. The number of para-hydroxylation sites is 2. The van der Waals surface area contributed by atoms with Crippen molar-refractivity contribution in [3.05, 3.63) is 83.9 Å². The van der Waals surface area contributed by atoms with Gasteiger partial charge in [0.25, 0.3) is 5.91 Å². The highest BCUT2D eigenvalue weighted by atomic mass is 32.2. The number of carbonyl (C=O) groups excluding carboxylic acids is 2. The topological polar surface area (TPSA) is 128 Å². The molecule has 0 aromatic heterocycles. The van der Waals surface area contributed by atoms with E-state index < -0.39 is 28.2 Å². The summed E-state index contributed by atoms with van der Waals surface area (Å²) in [6, 6.07) is 19.3. The minimum atomic E-state index is -3.83. The van der Waals surface area contributed by atoms with Crippen LogP contribution in [0.4, 0.5) is 16.2 Å². The van der Waals surface area contributed by atoms with Crippen molar-refractivity contribution in [2.24, 2.45) is 5.92 Å². The molecule has 3 amide bonds. The third kappa shape index (κ3) is 6.87. The van der Waals surface area contributed by atoms with Crippen molar-refractivity contribution >= 4 is 33.3 Å². The highest BCUT2D eigenvalue weighted by molar-refractivity contribution is 7.89. The molecule has 0 saturated heterocycles. The molecule has 0 spiro atoms. The predicted molar refractivity (Wildman–Crippen MR) is 158 cm³/mol. The van der Waals surface area contributed by atoms with Gasteiger partial charge in [-0.25, -0.2) is 13.2 Å². The number of likely N-dealkylation sites (N-methyl/N-ethyl adjacent to an activating group) is 1. The van der Waals surface area contributed by atoms with Crippen LogP contribution in [-0.2, 0) is 10.0 Å². The Morgan fingerprint density at radius 1 is 1.07 bits per heavy atom. The van der Waals surface area contributed by atoms with E-state index in [4.69, 9.17) is 4.74 Å². The number of ether oxygens (including phenoxy) is 1. The van der Waals surface area contributed by atoms with Crippen molar-refractivity contribution in [2.45, 2.75) is 37.8 Å². The van der Waals surface area contributed by atoms with Crippen molar-refractivity contribution in [3.8, 4) is 5.75 Å². The number of rotatable bonds is 8. The van der Waals surface area contributed by atoms with Gasteiger partial charge in [0.15, 0.2) is 5.75 Å². The summed E-state index contributed by atoms with van der Waals surface area (Å²) in [7, 11) is -2.35. The van der Waals surface area contributed by atoms with Gasteiger partial charge in [-0.2, -0.15) is 4.31 Å². The lowest BCUT2D eigenvalue weighted by Gasteiger charge is -2.38. The summed E-state index contributed by atoms with van der Waals surface area (Å²) in [6.07, 6.45) is -0.694. The number of sulfonamides is 1. The zero-order valence-corrected chi connectivity index (χ0v) is 24.4. The van der Waals surface area contributed by atoms with Crippen LogP contribution in [0.25, 0.3) is 0 Å². The molecule has 11 heteroatoms. The van der Waals surface area contributed by atoms with E-state index in [1.165, 1.54) is 11.4 Å². The molecule has 1 heterocycles. The lowest BCUT2D eigenvalue weighted by atomic mass is 9.99. The van der Waals surface area contributed by atoms with E-state index in [2.05, 4.69) is 10.6 Å². The van der Waals surface area contributed by atoms with Crippen LogP contribution < -0.4 is 15.4 Å². The Balaban J connectivity index is 1.68. The summed E-state index contributed by atoms with van der Waals surface area (Å²) in [5, 5.41) is 15.4. The minimum Gasteiger partial charge on any atom is -0.486 e. The van der Waals surface area contributed by atoms with E-state index in [1.54, 1.807) is 78.6 Å². The lowest BCUT2D eigenvalue weighted by Crippen LogP contribution is -2.50. The zero-order chi connectivity index (χ0) is 29.7. The normalized spacial score (nSPS) is 18.1. The number of hydrogen-bond donors (Lipinski definition) is 3. The Morgan fingerprint density at radius 2 is 1.76 bits per heavy atom. The molecule has 3 atom stereocenters. The van der Waals surface area contributed by atoms with Crippen LogP contribution >= 0.6 is 0 Å². The molecular weight excluding hydrogens is 544 g/mol. The first kappa shape index (κ1) is 30.0. The van der Waals surface area contributed by atoms with Crippen molar-refractivity contribution in [2.75, 3.05) is 37.4 Å². The maximum Gasteiger partial charge on any atom is 0.323 e. The third-order valence-electron chi connectivity index (χ3n) is 7.14. The molecule has 0 bridgehead atoms. The molecule has 10 nitrogen and oxygen atoms in total. The fourth-order valence-electron chi connectivity index (χ4n) is 4.61. The summed E-state index contributed by atoms with van der Waals surface area (Å²) in [6.45, 7) is 5.45. The SMILES string of the molecule is Cc1ccc(S(=O)(=O)N(C)C[C@H]2Oc3c(NC(=O)Nc4ccccc4)cccc3C(=O)N([C@@H](C)CO)C[C@@H]2C)cc1. The van der Waals surface area contributed by atoms with Crippen LogP contribution in [0.15, 0.2) is 77.7 Å². The average molecular weight is 581 g/mol. The number of nitrogens with one attached hydrogen (secondary N) is 2. The number of amides is 3. The number of nitrogens with zero attached hydrogens (tertiary/aromatic N) is 2. The van der Waals surface area contributed by atoms with Crippen molar-refractivity contribution in [1.82, 2.24) is 9.21 Å². The number of carbonyl (C=O) groups is 2. The third-order valence-corrected chi connectivity index (χ3v) is 8.97. The van der Waals surface area contributed by atoms with Gasteiger partial charge < -0.3 is 25.4 Å². The van der Waals surface area contributed by atoms with Crippen LogP contribution in [0, 0.1) is 12.8 Å². The van der Waals surface area contributed by atoms with Gasteiger partial charge >= 0.3 is 6.03 Å². The second kappa shape index (κ2) is 12.7. The average Bonchev–Trinajstić information content (AvgIpc) is 2.95. The van der Waals surface area contributed by atoms with Gasteiger partial charge in [0.05, 0.1) is 35.3 Å². The lowest BCUT2D eigenvalue weighted by molar-refractivity contribution is 0.0389. The predicted octanol–water partition coefficient (Wildman–Crippen LogP) is 4.18. The summed E-state index contributed by atoms with van der Waals surface area (Å²) < 4.78 is 34.4. The first-order valence-electron chi connectivity index (χ1n) is 13.4. The number of benzene rings is 3. The van der Waals surface area contributed by atoms with E-state index >= 15 is 0 Å². The van der Waals surface area contributed by atoms with E-state index in [0.717, 1.165) is 5.56 Å². The number of fused-ring (bicyclic) bond motifs is 1. The second-order valence-electron chi connectivity index (χ2n) is 10.3. The quantitative estimate of drug-likeness (QED) is 0.367. The second-order valence-corrected chi connectivity index (χ2v) is 12.4. The Kier molecular flexibility index (Phi) is 9.31. The van der Waals surface area contributed by atoms with E-state index in [9.17, 15) is 23.1 Å². The smallest absolute Gasteiger partial charge is 0.323 e. The van der Waals surface area contributed by atoms with Crippen LogP contribution in [0.3, 0.4) is 0 Å². The van der Waals surface area contributed by atoms with Crippen LogP contribution in [0.5, 0.6) is 5.75 Å². The van der Waals surface area contributed by atoms with Gasteiger partial charge in [-0.05, 0) is 50.2 Å². The molecule has 0 aliphatic carbocycles. The standard InChI is InChI=1S/C30H36N4O6S/c1-20-13-15-24(16-14-20)41(38,39)33(4)18-27-21(2)17-34(22(3)19-35)29(36)25-11-8-12-26(28(25)40-27)32-30(37)31-23-9-6-5-7-10-23/h5-16,21-22,27,35H,17-19H2,1-4H3,(H2,31,32,37)/t21-,22-,27+/m0/s1. The molecular formula is C30H36N4O6S. The molecule has 0 radical (unpaired) electrons. The van der Waals surface area contributed by atoms with Crippen molar-refractivity contribution < 1.29 is 27.9 Å². The number of anilines is 2. The zero-order valence-electron chi connectivity index (χ0n) is 23.6. The molecule has 0 unspecified atom stereocenters. The van der Waals surface area contributed by atoms with E-state index in [-0.39, 0.29) is 53.4 Å². The van der Waals surface area contributed by atoms with Gasteiger partial charge in [0.2, 0.25) is 10.0 Å². The summed E-state index contributed by atoms with van der Waals surface area (Å²) >= 11 is 0.